The van der Waals surface area contributed by atoms with Gasteiger partial charge < -0.3 is 0 Å². The Bertz CT molecular complexity index is 1850. The molecular weight excluding hydrogens is 516 g/mol. The van der Waals surface area contributed by atoms with Crippen molar-refractivity contribution < 1.29 is 0 Å². The van der Waals surface area contributed by atoms with E-state index < -0.39 is 0 Å². The highest BCUT2D eigenvalue weighted by molar-refractivity contribution is 8.00. The van der Waals surface area contributed by atoms with Crippen LogP contribution >= 0.6 is 11.8 Å². The average molecular weight is 545 g/mol. The molecule has 2 nitrogen and oxygen atoms in total. The molecule has 0 amide bonds. The molecule has 4 atom stereocenters. The van der Waals surface area contributed by atoms with Crippen LogP contribution in [0.1, 0.15) is 39.5 Å². The van der Waals surface area contributed by atoms with Crippen LogP contribution in [-0.2, 0) is 0 Å². The van der Waals surface area contributed by atoms with Crippen molar-refractivity contribution in [2.45, 2.75) is 22.5 Å². The second kappa shape index (κ2) is 10.1. The molecule has 2 aliphatic heterocycles. The summed E-state index contributed by atoms with van der Waals surface area (Å²) in [7, 11) is 0. The Hall–Kier alpha value is -4.56. The Morgan fingerprint density at radius 3 is 2.22 bits per heavy atom. The maximum atomic E-state index is 5.08. The normalized spacial score (nSPS) is 22.0. The molecule has 4 aromatic carbocycles. The van der Waals surface area contributed by atoms with Crippen LogP contribution in [0, 0.1) is 0 Å². The molecule has 3 aliphatic rings. The van der Waals surface area contributed by atoms with Crippen molar-refractivity contribution >= 4 is 11.8 Å². The Kier molecular flexibility index (Phi) is 5.99. The SMILES string of the molecule is C1=CC(c2ccc(C3c4ccccc4-c4c(-c5ccccc5)cnn4C3c3ccccc3)cc2)SC2C=CC=CC=12. The Morgan fingerprint density at radius 2 is 1.39 bits per heavy atom. The van der Waals surface area contributed by atoms with E-state index in [9.17, 15) is 0 Å². The lowest BCUT2D eigenvalue weighted by atomic mass is 9.76. The monoisotopic (exact) mass is 544 g/mol. The Morgan fingerprint density at radius 1 is 0.659 bits per heavy atom. The number of rotatable bonds is 4. The second-order valence-electron chi connectivity index (χ2n) is 10.8. The largest absolute Gasteiger partial charge is 0.256 e. The van der Waals surface area contributed by atoms with Crippen LogP contribution < -0.4 is 0 Å². The molecule has 0 saturated carbocycles. The highest BCUT2D eigenvalue weighted by Gasteiger charge is 2.38. The van der Waals surface area contributed by atoms with Crippen LogP contribution in [0.3, 0.4) is 0 Å². The van der Waals surface area contributed by atoms with E-state index in [1.807, 2.05) is 18.0 Å². The van der Waals surface area contributed by atoms with Crippen molar-refractivity contribution in [3.8, 4) is 22.4 Å². The lowest BCUT2D eigenvalue weighted by Gasteiger charge is -2.36. The van der Waals surface area contributed by atoms with Crippen molar-refractivity contribution in [2.75, 3.05) is 0 Å². The molecule has 3 heterocycles. The summed E-state index contributed by atoms with van der Waals surface area (Å²) in [5, 5.41) is 5.75. The van der Waals surface area contributed by atoms with Gasteiger partial charge in [0.15, 0.2) is 0 Å². The van der Waals surface area contributed by atoms with Gasteiger partial charge >= 0.3 is 0 Å². The van der Waals surface area contributed by atoms with Crippen LogP contribution in [0.2, 0.25) is 0 Å². The van der Waals surface area contributed by atoms with Gasteiger partial charge in [0.1, 0.15) is 0 Å². The van der Waals surface area contributed by atoms with Gasteiger partial charge in [0.25, 0.3) is 0 Å². The molecule has 41 heavy (non-hydrogen) atoms. The molecule has 5 aromatic rings. The summed E-state index contributed by atoms with van der Waals surface area (Å²) in [5.74, 6) is 0.131. The third-order valence-electron chi connectivity index (χ3n) is 8.45. The first-order valence-electron chi connectivity index (χ1n) is 14.2. The quantitative estimate of drug-likeness (QED) is 0.210. The summed E-state index contributed by atoms with van der Waals surface area (Å²) in [6, 6.07) is 39.7. The van der Waals surface area contributed by atoms with Gasteiger partial charge in [0.2, 0.25) is 0 Å². The fourth-order valence-corrected chi connectivity index (χ4v) is 7.77. The van der Waals surface area contributed by atoms with Gasteiger partial charge in [-0.15, -0.1) is 17.5 Å². The standard InChI is InChI=1S/C38H28N2S/c1-3-11-26(12-4-1)33-25-39-40-37(30-14-5-2-6-15-30)36(31-16-8-9-17-32(31)38(33)40)29-21-19-28(20-22-29)35-24-23-27-13-7-10-18-34(27)41-35/h1-22,24-25,34-37H. The van der Waals surface area contributed by atoms with E-state index in [2.05, 4.69) is 150 Å². The molecule has 8 rings (SSSR count). The number of allylic oxidation sites excluding steroid dienone is 3. The molecular formula is C38H28N2S. The second-order valence-corrected chi connectivity index (χ2v) is 12.1. The predicted octanol–water partition coefficient (Wildman–Crippen LogP) is 9.32. The zero-order chi connectivity index (χ0) is 27.2. The van der Waals surface area contributed by atoms with Crippen LogP contribution in [0.5, 0.6) is 0 Å². The number of thioether (sulfide) groups is 1. The third-order valence-corrected chi connectivity index (χ3v) is 9.86. The van der Waals surface area contributed by atoms with Crippen LogP contribution in [0.25, 0.3) is 22.4 Å². The Balaban J connectivity index is 1.25. The zero-order valence-corrected chi connectivity index (χ0v) is 23.3. The summed E-state index contributed by atoms with van der Waals surface area (Å²) in [5.41, 5.74) is 14.8. The molecule has 196 valence electrons. The van der Waals surface area contributed by atoms with E-state index in [0.717, 1.165) is 0 Å². The smallest absolute Gasteiger partial charge is 0.0885 e. The first kappa shape index (κ1) is 24.3. The van der Waals surface area contributed by atoms with E-state index in [1.54, 1.807) is 0 Å². The number of benzene rings is 4. The van der Waals surface area contributed by atoms with Crippen LogP contribution in [0.4, 0.5) is 0 Å². The summed E-state index contributed by atoms with van der Waals surface area (Å²) < 4.78 is 2.27. The maximum absolute atomic E-state index is 5.08. The third kappa shape index (κ3) is 4.17. The van der Waals surface area contributed by atoms with E-state index >= 15 is 0 Å². The molecule has 0 radical (unpaired) electrons. The molecule has 1 aliphatic carbocycles. The van der Waals surface area contributed by atoms with E-state index in [1.165, 1.54) is 50.2 Å². The topological polar surface area (TPSA) is 17.8 Å². The maximum Gasteiger partial charge on any atom is 0.0885 e. The molecule has 0 spiro atoms. The number of aromatic nitrogens is 2. The first-order chi connectivity index (χ1) is 20.3. The Labute approximate surface area is 245 Å². The summed E-state index contributed by atoms with van der Waals surface area (Å²) in [6.07, 6.45) is 13.0. The summed E-state index contributed by atoms with van der Waals surface area (Å²) in [6.45, 7) is 0. The number of nitrogens with zero attached hydrogens (tertiary/aromatic N) is 2. The average Bonchev–Trinajstić information content (AvgIpc) is 3.50. The van der Waals surface area contributed by atoms with Gasteiger partial charge in [-0.25, -0.2) is 0 Å². The lowest BCUT2D eigenvalue weighted by Crippen LogP contribution is -2.26. The van der Waals surface area contributed by atoms with Crippen LogP contribution in [0.15, 0.2) is 157 Å². The molecule has 1 aromatic heterocycles. The number of hydrogen-bond acceptors (Lipinski definition) is 2. The molecule has 4 unspecified atom stereocenters. The number of fused-ring (bicyclic) bond motifs is 4. The lowest BCUT2D eigenvalue weighted by molar-refractivity contribution is 0.467. The molecule has 3 heteroatoms. The van der Waals surface area contributed by atoms with Crippen molar-refractivity contribution in [1.29, 1.82) is 0 Å². The van der Waals surface area contributed by atoms with E-state index in [4.69, 9.17) is 5.10 Å². The van der Waals surface area contributed by atoms with Gasteiger partial charge in [-0.3, -0.25) is 4.68 Å². The van der Waals surface area contributed by atoms with Gasteiger partial charge in [-0.05, 0) is 40.0 Å². The van der Waals surface area contributed by atoms with E-state index in [-0.39, 0.29) is 12.0 Å². The highest BCUT2D eigenvalue weighted by Crippen LogP contribution is 2.51. The van der Waals surface area contributed by atoms with Crippen molar-refractivity contribution in [1.82, 2.24) is 9.78 Å². The minimum absolute atomic E-state index is 0.0398. The highest BCUT2D eigenvalue weighted by atomic mass is 32.2. The van der Waals surface area contributed by atoms with Crippen molar-refractivity contribution in [2.24, 2.45) is 0 Å². The minimum atomic E-state index is 0.0398. The minimum Gasteiger partial charge on any atom is -0.256 e. The molecule has 0 N–H and O–H groups in total. The van der Waals surface area contributed by atoms with Gasteiger partial charge in [-0.1, -0.05) is 127 Å². The van der Waals surface area contributed by atoms with Gasteiger partial charge in [0.05, 0.1) is 28.4 Å². The number of hydrogen-bond donors (Lipinski definition) is 0. The first-order valence-corrected chi connectivity index (χ1v) is 15.1. The predicted molar refractivity (Wildman–Crippen MR) is 170 cm³/mol. The fraction of sp³-hybridized carbons (Fsp3) is 0.105. The van der Waals surface area contributed by atoms with E-state index in [0.29, 0.717) is 10.5 Å². The molecule has 0 saturated heterocycles. The summed E-state index contributed by atoms with van der Waals surface area (Å²) >= 11 is 1.98. The van der Waals surface area contributed by atoms with Gasteiger partial charge in [0, 0.05) is 22.6 Å². The van der Waals surface area contributed by atoms with Gasteiger partial charge in [-0.2, -0.15) is 5.10 Å². The molecule has 0 bridgehead atoms. The van der Waals surface area contributed by atoms with Crippen molar-refractivity contribution in [3.63, 3.8) is 0 Å². The zero-order valence-electron chi connectivity index (χ0n) is 22.5. The van der Waals surface area contributed by atoms with Crippen LogP contribution in [-0.4, -0.2) is 15.0 Å². The molecule has 0 fully saturated rings. The summed E-state index contributed by atoms with van der Waals surface area (Å²) in [4.78, 5) is 0. The fourth-order valence-electron chi connectivity index (χ4n) is 6.52. The van der Waals surface area contributed by atoms with Crippen molar-refractivity contribution in [3.05, 3.63) is 179 Å².